The molecule has 20 heavy (non-hydrogen) atoms. The van der Waals surface area contributed by atoms with Gasteiger partial charge in [0.05, 0.1) is 5.69 Å². The van der Waals surface area contributed by atoms with Crippen LogP contribution in [0.3, 0.4) is 0 Å². The summed E-state index contributed by atoms with van der Waals surface area (Å²) in [6.45, 7) is 11.5. The first-order valence-corrected chi connectivity index (χ1v) is 8.27. The van der Waals surface area contributed by atoms with Crippen molar-refractivity contribution in [2.75, 3.05) is 26.2 Å². The van der Waals surface area contributed by atoms with Crippen LogP contribution in [-0.4, -0.2) is 40.6 Å². The normalized spacial score (nSPS) is 20.4. The molecule has 112 valence electrons. The molecule has 0 aromatic carbocycles. The molecule has 1 N–H and O–H groups in total. The van der Waals surface area contributed by atoms with Gasteiger partial charge in [0.1, 0.15) is 5.82 Å². The highest BCUT2D eigenvalue weighted by Gasteiger charge is 2.21. The molecule has 0 bridgehead atoms. The fraction of sp³-hybridized carbons (Fsp3) is 0.812. The number of rotatable bonds is 4. The van der Waals surface area contributed by atoms with E-state index in [4.69, 9.17) is 4.98 Å². The summed E-state index contributed by atoms with van der Waals surface area (Å²) in [6, 6.07) is 0. The predicted molar refractivity (Wildman–Crippen MR) is 82.0 cm³/mol. The van der Waals surface area contributed by atoms with Gasteiger partial charge in [-0.1, -0.05) is 20.3 Å². The largest absolute Gasteiger partial charge is 0.330 e. The number of aromatic nitrogens is 2. The van der Waals surface area contributed by atoms with E-state index < -0.39 is 0 Å². The van der Waals surface area contributed by atoms with Crippen LogP contribution in [0.4, 0.5) is 0 Å². The first-order chi connectivity index (χ1) is 9.75. The summed E-state index contributed by atoms with van der Waals surface area (Å²) in [5, 5.41) is 3.44. The van der Waals surface area contributed by atoms with Gasteiger partial charge in [0.25, 0.3) is 0 Å². The molecule has 0 unspecified atom stereocenters. The van der Waals surface area contributed by atoms with Gasteiger partial charge in [-0.05, 0) is 25.9 Å². The Kier molecular flexibility index (Phi) is 4.41. The first-order valence-electron chi connectivity index (χ1n) is 8.27. The Morgan fingerprint density at radius 3 is 2.70 bits per heavy atom. The predicted octanol–water partition coefficient (Wildman–Crippen LogP) is 2.14. The Morgan fingerprint density at radius 2 is 1.95 bits per heavy atom. The Morgan fingerprint density at radius 1 is 1.15 bits per heavy atom. The Bertz CT molecular complexity index is 444. The molecule has 2 aliphatic heterocycles. The van der Waals surface area contributed by atoms with E-state index in [-0.39, 0.29) is 0 Å². The molecule has 1 aromatic rings. The molecule has 1 aromatic heterocycles. The molecule has 0 amide bonds. The topological polar surface area (TPSA) is 33.1 Å². The number of nitrogens with one attached hydrogen (secondary N) is 1. The second-order valence-corrected chi connectivity index (χ2v) is 6.50. The quantitative estimate of drug-likeness (QED) is 0.914. The van der Waals surface area contributed by atoms with Crippen molar-refractivity contribution < 1.29 is 0 Å². The third kappa shape index (κ3) is 2.91. The van der Waals surface area contributed by atoms with Crippen LogP contribution in [0.1, 0.15) is 56.2 Å². The van der Waals surface area contributed by atoms with E-state index >= 15 is 0 Å². The second-order valence-electron chi connectivity index (χ2n) is 6.50. The van der Waals surface area contributed by atoms with E-state index in [9.17, 15) is 0 Å². The summed E-state index contributed by atoms with van der Waals surface area (Å²) in [5.41, 5.74) is 2.78. The van der Waals surface area contributed by atoms with E-state index in [1.165, 1.54) is 56.1 Å². The highest BCUT2D eigenvalue weighted by Crippen LogP contribution is 2.22. The van der Waals surface area contributed by atoms with Gasteiger partial charge in [-0.3, -0.25) is 0 Å². The molecular formula is C16H28N4. The molecule has 0 spiro atoms. The lowest BCUT2D eigenvalue weighted by Crippen LogP contribution is -2.33. The van der Waals surface area contributed by atoms with Crippen LogP contribution in [0, 0.1) is 0 Å². The zero-order valence-corrected chi connectivity index (χ0v) is 13.0. The van der Waals surface area contributed by atoms with Gasteiger partial charge in [-0.25, -0.2) is 4.98 Å². The molecule has 3 heterocycles. The van der Waals surface area contributed by atoms with Crippen LogP contribution in [0.15, 0.2) is 0 Å². The van der Waals surface area contributed by atoms with Crippen molar-refractivity contribution in [3.8, 4) is 0 Å². The average molecular weight is 276 g/mol. The highest BCUT2D eigenvalue weighted by atomic mass is 15.2. The molecule has 0 radical (unpaired) electrons. The van der Waals surface area contributed by atoms with Gasteiger partial charge in [0.2, 0.25) is 0 Å². The van der Waals surface area contributed by atoms with Gasteiger partial charge in [-0.2, -0.15) is 0 Å². The second kappa shape index (κ2) is 6.27. The fourth-order valence-corrected chi connectivity index (χ4v) is 3.51. The number of piperidine rings is 1. The lowest BCUT2D eigenvalue weighted by atomic mass is 10.1. The van der Waals surface area contributed by atoms with Crippen LogP contribution < -0.4 is 5.32 Å². The minimum Gasteiger partial charge on any atom is -0.330 e. The van der Waals surface area contributed by atoms with Crippen molar-refractivity contribution in [1.29, 1.82) is 0 Å². The molecule has 4 nitrogen and oxygen atoms in total. The van der Waals surface area contributed by atoms with Crippen molar-refractivity contribution in [2.24, 2.45) is 0 Å². The van der Waals surface area contributed by atoms with E-state index in [0.29, 0.717) is 5.92 Å². The maximum Gasteiger partial charge on any atom is 0.111 e. The van der Waals surface area contributed by atoms with Crippen LogP contribution in [0.5, 0.6) is 0 Å². The van der Waals surface area contributed by atoms with Gasteiger partial charge in [-0.15, -0.1) is 0 Å². The minimum absolute atomic E-state index is 0.516. The first kappa shape index (κ1) is 14.1. The van der Waals surface area contributed by atoms with Crippen molar-refractivity contribution in [3.05, 3.63) is 17.2 Å². The van der Waals surface area contributed by atoms with Crippen molar-refractivity contribution in [3.63, 3.8) is 0 Å². The molecule has 2 aliphatic rings. The summed E-state index contributed by atoms with van der Waals surface area (Å²) in [5.74, 6) is 1.80. The molecule has 1 fully saturated rings. The Balaban J connectivity index is 1.74. The van der Waals surface area contributed by atoms with E-state index in [1.54, 1.807) is 0 Å². The van der Waals surface area contributed by atoms with Crippen molar-refractivity contribution in [2.45, 2.75) is 58.5 Å². The number of fused-ring (bicyclic) bond motifs is 1. The van der Waals surface area contributed by atoms with E-state index in [1.807, 2.05) is 0 Å². The van der Waals surface area contributed by atoms with Crippen molar-refractivity contribution >= 4 is 0 Å². The van der Waals surface area contributed by atoms with Crippen LogP contribution >= 0.6 is 0 Å². The summed E-state index contributed by atoms with van der Waals surface area (Å²) in [7, 11) is 0. The molecule has 0 atom stereocenters. The molecular weight excluding hydrogens is 248 g/mol. The summed E-state index contributed by atoms with van der Waals surface area (Å²) in [6.07, 6.45) is 5.31. The van der Waals surface area contributed by atoms with Crippen LogP contribution in [-0.2, 0) is 19.5 Å². The summed E-state index contributed by atoms with van der Waals surface area (Å²) >= 11 is 0. The average Bonchev–Trinajstić information content (AvgIpc) is 2.85. The zero-order valence-electron chi connectivity index (χ0n) is 13.0. The number of hydrogen-bond donors (Lipinski definition) is 1. The minimum atomic E-state index is 0.516. The maximum absolute atomic E-state index is 4.90. The standard InChI is InChI=1S/C16H28N4/c1-13(2)16-18-14-12-17-7-6-15(14)20(16)11-10-19-8-4-3-5-9-19/h13,17H,3-12H2,1-2H3. The number of imidazole rings is 1. The third-order valence-electron chi connectivity index (χ3n) is 4.62. The third-order valence-corrected chi connectivity index (χ3v) is 4.62. The van der Waals surface area contributed by atoms with Gasteiger partial charge < -0.3 is 14.8 Å². The summed E-state index contributed by atoms with van der Waals surface area (Å²) < 4.78 is 2.52. The number of likely N-dealkylation sites (tertiary alicyclic amines) is 1. The SMILES string of the molecule is CC(C)c1nc2c(n1CCN1CCCCC1)CCNC2. The molecule has 4 heteroatoms. The zero-order chi connectivity index (χ0) is 13.9. The lowest BCUT2D eigenvalue weighted by molar-refractivity contribution is 0.219. The fourth-order valence-electron chi connectivity index (χ4n) is 3.51. The summed E-state index contributed by atoms with van der Waals surface area (Å²) in [4.78, 5) is 7.52. The molecule has 1 saturated heterocycles. The molecule has 0 saturated carbocycles. The molecule has 0 aliphatic carbocycles. The number of hydrogen-bond acceptors (Lipinski definition) is 3. The van der Waals surface area contributed by atoms with Crippen LogP contribution in [0.25, 0.3) is 0 Å². The maximum atomic E-state index is 4.90. The monoisotopic (exact) mass is 276 g/mol. The smallest absolute Gasteiger partial charge is 0.111 e. The van der Waals surface area contributed by atoms with Gasteiger partial charge in [0.15, 0.2) is 0 Å². The Hall–Kier alpha value is -0.870. The van der Waals surface area contributed by atoms with Crippen molar-refractivity contribution in [1.82, 2.24) is 19.8 Å². The van der Waals surface area contributed by atoms with Crippen LogP contribution in [0.2, 0.25) is 0 Å². The van der Waals surface area contributed by atoms with Gasteiger partial charge >= 0.3 is 0 Å². The van der Waals surface area contributed by atoms with Gasteiger partial charge in [0, 0.05) is 44.2 Å². The number of nitrogens with zero attached hydrogens (tertiary/aromatic N) is 3. The molecule has 3 rings (SSSR count). The highest BCUT2D eigenvalue weighted by molar-refractivity contribution is 5.21. The van der Waals surface area contributed by atoms with E-state index in [2.05, 4.69) is 28.6 Å². The lowest BCUT2D eigenvalue weighted by Gasteiger charge is -2.27. The Labute approximate surface area is 122 Å². The van der Waals surface area contributed by atoms with E-state index in [0.717, 1.165) is 26.1 Å².